The standard InChI is InChI=1S/C13H20O3/c1-3-8-15-9-10-16-13-6-4-12(5-7-13)11(2)14/h4-7,11,14H,3,8-10H2,1-2H3/t11-/m0/s1. The highest BCUT2D eigenvalue weighted by molar-refractivity contribution is 5.28. The zero-order chi connectivity index (χ0) is 11.8. The van der Waals surface area contributed by atoms with Crippen LogP contribution >= 0.6 is 0 Å². The Morgan fingerprint density at radius 3 is 2.38 bits per heavy atom. The second-order valence-electron chi connectivity index (χ2n) is 3.71. The van der Waals surface area contributed by atoms with Gasteiger partial charge in [-0.2, -0.15) is 0 Å². The molecule has 90 valence electrons. The van der Waals surface area contributed by atoms with Crippen molar-refractivity contribution in [1.29, 1.82) is 0 Å². The van der Waals surface area contributed by atoms with Crippen molar-refractivity contribution in [2.45, 2.75) is 26.4 Å². The van der Waals surface area contributed by atoms with Crippen LogP contribution in [0.5, 0.6) is 5.75 Å². The van der Waals surface area contributed by atoms with Gasteiger partial charge < -0.3 is 14.6 Å². The largest absolute Gasteiger partial charge is 0.491 e. The van der Waals surface area contributed by atoms with Gasteiger partial charge in [0, 0.05) is 6.61 Å². The molecule has 0 amide bonds. The lowest BCUT2D eigenvalue weighted by atomic mass is 10.1. The van der Waals surface area contributed by atoms with Gasteiger partial charge in [-0.15, -0.1) is 0 Å². The van der Waals surface area contributed by atoms with Crippen LogP contribution in [0.3, 0.4) is 0 Å². The van der Waals surface area contributed by atoms with Crippen molar-refractivity contribution in [1.82, 2.24) is 0 Å². The fraction of sp³-hybridized carbons (Fsp3) is 0.538. The summed E-state index contributed by atoms with van der Waals surface area (Å²) in [5, 5.41) is 9.33. The summed E-state index contributed by atoms with van der Waals surface area (Å²) in [7, 11) is 0. The highest BCUT2D eigenvalue weighted by Gasteiger charge is 2.00. The molecule has 0 spiro atoms. The molecule has 16 heavy (non-hydrogen) atoms. The Morgan fingerprint density at radius 1 is 1.12 bits per heavy atom. The second kappa shape index (κ2) is 7.25. The molecule has 3 nitrogen and oxygen atoms in total. The maximum atomic E-state index is 9.33. The molecule has 1 aromatic carbocycles. The summed E-state index contributed by atoms with van der Waals surface area (Å²) in [6.07, 6.45) is 0.602. The lowest BCUT2D eigenvalue weighted by molar-refractivity contribution is 0.101. The number of hydrogen-bond donors (Lipinski definition) is 1. The van der Waals surface area contributed by atoms with Crippen LogP contribution in [0.25, 0.3) is 0 Å². The van der Waals surface area contributed by atoms with Gasteiger partial charge in [-0.05, 0) is 31.0 Å². The van der Waals surface area contributed by atoms with E-state index in [0.29, 0.717) is 13.2 Å². The third-order valence-corrected chi connectivity index (χ3v) is 2.21. The summed E-state index contributed by atoms with van der Waals surface area (Å²) in [4.78, 5) is 0. The first-order valence-corrected chi connectivity index (χ1v) is 5.72. The van der Waals surface area contributed by atoms with Gasteiger partial charge in [-0.25, -0.2) is 0 Å². The molecule has 0 saturated heterocycles. The molecule has 0 fully saturated rings. The number of ether oxygens (including phenoxy) is 2. The Balaban J connectivity index is 2.27. The highest BCUT2D eigenvalue weighted by Crippen LogP contribution is 2.16. The summed E-state index contributed by atoms with van der Waals surface area (Å²) < 4.78 is 10.8. The first kappa shape index (κ1) is 13.0. The average Bonchev–Trinajstić information content (AvgIpc) is 2.29. The normalized spacial score (nSPS) is 12.4. The minimum absolute atomic E-state index is 0.429. The van der Waals surface area contributed by atoms with Crippen LogP contribution in [0.4, 0.5) is 0 Å². The van der Waals surface area contributed by atoms with Gasteiger partial charge in [0.25, 0.3) is 0 Å². The molecule has 3 heteroatoms. The summed E-state index contributed by atoms with van der Waals surface area (Å²) >= 11 is 0. The van der Waals surface area contributed by atoms with E-state index in [1.807, 2.05) is 24.3 Å². The third kappa shape index (κ3) is 4.64. The minimum atomic E-state index is -0.429. The first-order chi connectivity index (χ1) is 7.74. The number of aliphatic hydroxyl groups is 1. The van der Waals surface area contributed by atoms with Crippen LogP contribution < -0.4 is 4.74 Å². The van der Waals surface area contributed by atoms with Crippen LogP contribution in [0.2, 0.25) is 0 Å². The number of rotatable bonds is 7. The molecule has 1 atom stereocenters. The van der Waals surface area contributed by atoms with Crippen molar-refractivity contribution in [2.24, 2.45) is 0 Å². The topological polar surface area (TPSA) is 38.7 Å². The van der Waals surface area contributed by atoms with Crippen LogP contribution in [0, 0.1) is 0 Å². The molecule has 1 aromatic rings. The highest BCUT2D eigenvalue weighted by atomic mass is 16.5. The smallest absolute Gasteiger partial charge is 0.119 e. The first-order valence-electron chi connectivity index (χ1n) is 5.72. The Labute approximate surface area is 97.0 Å². The summed E-state index contributed by atoms with van der Waals surface area (Å²) in [6.45, 7) is 5.79. The molecule has 1 N–H and O–H groups in total. The van der Waals surface area contributed by atoms with Crippen molar-refractivity contribution in [3.63, 3.8) is 0 Å². The number of aliphatic hydroxyl groups excluding tert-OH is 1. The van der Waals surface area contributed by atoms with Gasteiger partial charge in [-0.3, -0.25) is 0 Å². The van der Waals surface area contributed by atoms with E-state index in [-0.39, 0.29) is 0 Å². The van der Waals surface area contributed by atoms with Crippen LogP contribution in [-0.4, -0.2) is 24.9 Å². The fourth-order valence-electron chi connectivity index (χ4n) is 1.31. The maximum Gasteiger partial charge on any atom is 0.119 e. The van der Waals surface area contributed by atoms with Crippen LogP contribution in [0.15, 0.2) is 24.3 Å². The molecule has 0 heterocycles. The lowest BCUT2D eigenvalue weighted by Gasteiger charge is -2.08. The van der Waals surface area contributed by atoms with Gasteiger partial charge in [0.15, 0.2) is 0 Å². The van der Waals surface area contributed by atoms with Crippen molar-refractivity contribution in [3.8, 4) is 5.75 Å². The van der Waals surface area contributed by atoms with E-state index in [9.17, 15) is 5.11 Å². The minimum Gasteiger partial charge on any atom is -0.491 e. The number of hydrogen-bond acceptors (Lipinski definition) is 3. The summed E-state index contributed by atoms with van der Waals surface area (Å²) in [5.41, 5.74) is 0.898. The summed E-state index contributed by atoms with van der Waals surface area (Å²) in [5.74, 6) is 0.810. The Bertz CT molecular complexity index is 280. The van der Waals surface area contributed by atoms with Crippen molar-refractivity contribution in [2.75, 3.05) is 19.8 Å². The predicted octanol–water partition coefficient (Wildman–Crippen LogP) is 2.55. The van der Waals surface area contributed by atoms with Gasteiger partial charge in [-0.1, -0.05) is 19.1 Å². The third-order valence-electron chi connectivity index (χ3n) is 2.21. The number of benzene rings is 1. The molecule has 0 bridgehead atoms. The van der Waals surface area contributed by atoms with E-state index in [1.54, 1.807) is 6.92 Å². The molecule has 0 aliphatic carbocycles. The van der Waals surface area contributed by atoms with Crippen LogP contribution in [-0.2, 0) is 4.74 Å². The molecular formula is C13H20O3. The average molecular weight is 224 g/mol. The molecule has 0 aliphatic rings. The quantitative estimate of drug-likeness (QED) is 0.723. The molecule has 0 aliphatic heterocycles. The van der Waals surface area contributed by atoms with Crippen molar-refractivity contribution in [3.05, 3.63) is 29.8 Å². The maximum absolute atomic E-state index is 9.33. The van der Waals surface area contributed by atoms with E-state index in [2.05, 4.69) is 6.92 Å². The molecule has 0 radical (unpaired) electrons. The SMILES string of the molecule is CCCOCCOc1ccc([C@H](C)O)cc1. The van der Waals surface area contributed by atoms with E-state index in [1.165, 1.54) is 0 Å². The molecule has 0 aromatic heterocycles. The van der Waals surface area contributed by atoms with E-state index in [0.717, 1.165) is 24.3 Å². The van der Waals surface area contributed by atoms with Gasteiger partial charge in [0.2, 0.25) is 0 Å². The lowest BCUT2D eigenvalue weighted by Crippen LogP contribution is -2.07. The van der Waals surface area contributed by atoms with Gasteiger partial charge in [0.1, 0.15) is 12.4 Å². The second-order valence-corrected chi connectivity index (χ2v) is 3.71. The Hall–Kier alpha value is -1.06. The monoisotopic (exact) mass is 224 g/mol. The predicted molar refractivity (Wildman–Crippen MR) is 63.7 cm³/mol. The molecule has 1 rings (SSSR count). The van der Waals surface area contributed by atoms with Gasteiger partial charge >= 0.3 is 0 Å². The Morgan fingerprint density at radius 2 is 1.81 bits per heavy atom. The zero-order valence-electron chi connectivity index (χ0n) is 9.98. The van der Waals surface area contributed by atoms with Crippen LogP contribution in [0.1, 0.15) is 31.9 Å². The zero-order valence-corrected chi connectivity index (χ0v) is 9.98. The van der Waals surface area contributed by atoms with E-state index >= 15 is 0 Å². The van der Waals surface area contributed by atoms with E-state index in [4.69, 9.17) is 9.47 Å². The van der Waals surface area contributed by atoms with Crippen molar-refractivity contribution < 1.29 is 14.6 Å². The van der Waals surface area contributed by atoms with Crippen molar-refractivity contribution >= 4 is 0 Å². The molecule has 0 saturated carbocycles. The van der Waals surface area contributed by atoms with Gasteiger partial charge in [0.05, 0.1) is 12.7 Å². The molecule has 0 unspecified atom stereocenters. The van der Waals surface area contributed by atoms with E-state index < -0.39 is 6.10 Å². The summed E-state index contributed by atoms with van der Waals surface area (Å²) in [6, 6.07) is 7.46. The fourth-order valence-corrected chi connectivity index (χ4v) is 1.31. The molecular weight excluding hydrogens is 204 g/mol. The Kier molecular flexibility index (Phi) is 5.90.